The molecule has 2 heterocycles. The van der Waals surface area contributed by atoms with Gasteiger partial charge in [0, 0.05) is 25.0 Å². The lowest BCUT2D eigenvalue weighted by molar-refractivity contribution is 0.206. The Kier molecular flexibility index (Phi) is 3.76. The van der Waals surface area contributed by atoms with E-state index < -0.39 is 0 Å². The summed E-state index contributed by atoms with van der Waals surface area (Å²) in [7, 11) is 0. The molecule has 2 atom stereocenters. The van der Waals surface area contributed by atoms with Crippen molar-refractivity contribution in [2.45, 2.75) is 26.8 Å². The van der Waals surface area contributed by atoms with Gasteiger partial charge in [-0.05, 0) is 50.3 Å². The minimum atomic E-state index is 0.432. The van der Waals surface area contributed by atoms with Gasteiger partial charge < -0.3 is 19.9 Å². The highest BCUT2D eigenvalue weighted by Gasteiger charge is 2.56. The summed E-state index contributed by atoms with van der Waals surface area (Å²) in [6.07, 6.45) is 0. The van der Waals surface area contributed by atoms with Gasteiger partial charge >= 0.3 is 0 Å². The van der Waals surface area contributed by atoms with Crippen molar-refractivity contribution in [1.82, 2.24) is 10.1 Å². The Balaban J connectivity index is 1.33. The van der Waals surface area contributed by atoms with Crippen molar-refractivity contribution >= 4 is 5.82 Å². The van der Waals surface area contributed by atoms with E-state index >= 15 is 0 Å². The molecule has 1 aromatic carbocycles. The lowest BCUT2D eigenvalue weighted by Crippen LogP contribution is -2.31. The summed E-state index contributed by atoms with van der Waals surface area (Å²) in [5.41, 5.74) is 7.74. The number of rotatable bonds is 5. The van der Waals surface area contributed by atoms with Crippen LogP contribution in [-0.2, 0) is 0 Å². The van der Waals surface area contributed by atoms with Gasteiger partial charge in [0.1, 0.15) is 11.5 Å². The van der Waals surface area contributed by atoms with Crippen LogP contribution < -0.4 is 10.5 Å². The molecular weight excluding hydrogens is 302 g/mol. The van der Waals surface area contributed by atoms with Crippen LogP contribution in [0, 0.1) is 24.7 Å². The van der Waals surface area contributed by atoms with Crippen LogP contribution in [0.1, 0.15) is 19.6 Å². The molecule has 24 heavy (non-hydrogen) atoms. The molecule has 5 heteroatoms. The molecule has 128 valence electrons. The fourth-order valence-corrected chi connectivity index (χ4v) is 4.00. The fraction of sp³-hybridized carbons (Fsp3) is 0.526. The summed E-state index contributed by atoms with van der Waals surface area (Å²) >= 11 is 0. The summed E-state index contributed by atoms with van der Waals surface area (Å²) < 4.78 is 11.1. The minimum Gasteiger partial charge on any atom is -0.493 e. The maximum Gasteiger partial charge on any atom is 0.175 e. The summed E-state index contributed by atoms with van der Waals surface area (Å²) in [6, 6.07) is 8.69. The second kappa shape index (κ2) is 5.81. The van der Waals surface area contributed by atoms with Crippen LogP contribution in [0.5, 0.6) is 5.75 Å². The van der Waals surface area contributed by atoms with E-state index in [0.29, 0.717) is 11.9 Å². The number of benzene rings is 1. The molecule has 1 saturated heterocycles. The molecule has 1 saturated carbocycles. The van der Waals surface area contributed by atoms with E-state index in [0.717, 1.165) is 47.0 Å². The smallest absolute Gasteiger partial charge is 0.175 e. The largest absolute Gasteiger partial charge is 0.493 e. The lowest BCUT2D eigenvalue weighted by atomic mass is 10.1. The first-order valence-electron chi connectivity index (χ1n) is 8.73. The maximum atomic E-state index is 6.01. The van der Waals surface area contributed by atoms with Crippen LogP contribution in [0.15, 0.2) is 28.8 Å². The average molecular weight is 327 g/mol. The van der Waals surface area contributed by atoms with E-state index in [1.807, 2.05) is 31.2 Å². The van der Waals surface area contributed by atoms with Gasteiger partial charge in [-0.2, -0.15) is 0 Å². The predicted octanol–water partition coefficient (Wildman–Crippen LogP) is 3.20. The Morgan fingerprint density at radius 1 is 1.25 bits per heavy atom. The van der Waals surface area contributed by atoms with Gasteiger partial charge in [0.25, 0.3) is 0 Å². The third-order valence-corrected chi connectivity index (χ3v) is 5.60. The van der Waals surface area contributed by atoms with Crippen molar-refractivity contribution in [3.8, 4) is 16.9 Å². The molecule has 0 radical (unpaired) electrons. The first-order chi connectivity index (χ1) is 11.5. The van der Waals surface area contributed by atoms with Crippen molar-refractivity contribution in [2.24, 2.45) is 17.8 Å². The van der Waals surface area contributed by atoms with Crippen LogP contribution in [0.4, 0.5) is 5.82 Å². The van der Waals surface area contributed by atoms with Gasteiger partial charge in [0.05, 0.1) is 12.2 Å². The molecule has 2 N–H and O–H groups in total. The molecule has 2 fully saturated rings. The molecule has 1 aliphatic carbocycles. The molecule has 4 rings (SSSR count). The number of nitrogens with two attached hydrogens (primary N) is 1. The van der Waals surface area contributed by atoms with E-state index in [1.165, 1.54) is 13.1 Å². The third kappa shape index (κ3) is 2.67. The van der Waals surface area contributed by atoms with E-state index in [4.69, 9.17) is 15.0 Å². The number of likely N-dealkylation sites (tertiary alicyclic amines) is 1. The van der Waals surface area contributed by atoms with Crippen LogP contribution >= 0.6 is 0 Å². The minimum absolute atomic E-state index is 0.432. The van der Waals surface area contributed by atoms with Gasteiger partial charge in [-0.3, -0.25) is 0 Å². The zero-order chi connectivity index (χ0) is 16.8. The molecule has 2 aliphatic rings. The average Bonchev–Trinajstić information content (AvgIpc) is 2.89. The molecule has 5 nitrogen and oxygen atoms in total. The number of nitrogen functional groups attached to an aromatic ring is 1. The van der Waals surface area contributed by atoms with Gasteiger partial charge in [-0.15, -0.1) is 0 Å². The quantitative estimate of drug-likeness (QED) is 0.913. The number of hydrogen-bond donors (Lipinski definition) is 1. The molecule has 2 aromatic rings. The van der Waals surface area contributed by atoms with Gasteiger partial charge in [-0.1, -0.05) is 17.3 Å². The second-order valence-electron chi connectivity index (χ2n) is 7.37. The van der Waals surface area contributed by atoms with Gasteiger partial charge in [0.2, 0.25) is 0 Å². The van der Waals surface area contributed by atoms with Crippen molar-refractivity contribution in [3.63, 3.8) is 0 Å². The second-order valence-corrected chi connectivity index (χ2v) is 7.37. The van der Waals surface area contributed by atoms with E-state index in [9.17, 15) is 0 Å². The number of nitrogens with zero attached hydrogens (tertiary/aromatic N) is 2. The highest BCUT2D eigenvalue weighted by atomic mass is 16.5. The Morgan fingerprint density at radius 3 is 2.46 bits per heavy atom. The molecular formula is C19H25N3O2. The molecule has 2 unspecified atom stereocenters. The van der Waals surface area contributed by atoms with Gasteiger partial charge in [-0.25, -0.2) is 0 Å². The van der Waals surface area contributed by atoms with Crippen molar-refractivity contribution in [1.29, 1.82) is 0 Å². The lowest BCUT2D eigenvalue weighted by Gasteiger charge is -2.23. The Labute approximate surface area is 142 Å². The Morgan fingerprint density at radius 2 is 1.92 bits per heavy atom. The summed E-state index contributed by atoms with van der Waals surface area (Å²) in [4.78, 5) is 2.58. The number of aromatic nitrogens is 1. The highest BCUT2D eigenvalue weighted by Crippen LogP contribution is 2.52. The van der Waals surface area contributed by atoms with E-state index in [2.05, 4.69) is 23.9 Å². The summed E-state index contributed by atoms with van der Waals surface area (Å²) in [5, 5.41) is 3.80. The SMILES string of the molecule is Cc1onc(N)c1-c1ccc(OCC2C3CN(C(C)C)CC23)cc1. The zero-order valence-electron chi connectivity index (χ0n) is 14.5. The van der Waals surface area contributed by atoms with Crippen LogP contribution in [0.25, 0.3) is 11.1 Å². The zero-order valence-corrected chi connectivity index (χ0v) is 14.5. The third-order valence-electron chi connectivity index (χ3n) is 5.60. The normalized spacial score (nSPS) is 25.9. The number of piperidine rings is 1. The number of fused-ring (bicyclic) bond motifs is 1. The standard InChI is InChI=1S/C19H25N3O2/c1-11(2)22-8-15-16(9-22)17(15)10-23-14-6-4-13(5-7-14)18-12(3)24-21-19(18)20/h4-7,11,15-17H,8-10H2,1-3H3,(H2,20,21). The monoisotopic (exact) mass is 327 g/mol. The van der Waals surface area contributed by atoms with Crippen molar-refractivity contribution < 1.29 is 9.26 Å². The molecule has 1 aromatic heterocycles. The number of aryl methyl sites for hydroxylation is 1. The highest BCUT2D eigenvalue weighted by molar-refractivity contribution is 5.75. The van der Waals surface area contributed by atoms with Crippen LogP contribution in [-0.4, -0.2) is 35.8 Å². The Hall–Kier alpha value is -2.01. The van der Waals surface area contributed by atoms with Crippen molar-refractivity contribution in [3.05, 3.63) is 30.0 Å². The molecule has 0 spiro atoms. The summed E-state index contributed by atoms with van der Waals surface area (Å²) in [5.74, 6) is 4.49. The van der Waals surface area contributed by atoms with E-state index in [-0.39, 0.29) is 0 Å². The Bertz CT molecular complexity index is 691. The van der Waals surface area contributed by atoms with Gasteiger partial charge in [0.15, 0.2) is 5.82 Å². The number of hydrogen-bond acceptors (Lipinski definition) is 5. The maximum absolute atomic E-state index is 6.01. The van der Waals surface area contributed by atoms with Crippen molar-refractivity contribution in [2.75, 3.05) is 25.4 Å². The fourth-order valence-electron chi connectivity index (χ4n) is 4.00. The van der Waals surface area contributed by atoms with Crippen LogP contribution in [0.3, 0.4) is 0 Å². The molecule has 0 bridgehead atoms. The number of anilines is 1. The van der Waals surface area contributed by atoms with E-state index in [1.54, 1.807) is 0 Å². The first-order valence-corrected chi connectivity index (χ1v) is 8.73. The predicted molar refractivity (Wildman–Crippen MR) is 93.8 cm³/mol. The molecule has 0 amide bonds. The topological polar surface area (TPSA) is 64.5 Å². The summed E-state index contributed by atoms with van der Waals surface area (Å²) in [6.45, 7) is 9.73. The van der Waals surface area contributed by atoms with Crippen LogP contribution in [0.2, 0.25) is 0 Å². The number of ether oxygens (including phenoxy) is 1. The molecule has 1 aliphatic heterocycles. The first kappa shape index (κ1) is 15.5.